The van der Waals surface area contributed by atoms with E-state index in [1.807, 2.05) is 0 Å². The number of Topliss-reactive ketones (excluding diaryl/α,β-unsaturated/α-hetero) is 1. The van der Waals surface area contributed by atoms with Gasteiger partial charge in [-0.25, -0.2) is 9.18 Å². The first-order valence-electron chi connectivity index (χ1n) is 19.7. The topological polar surface area (TPSA) is 260 Å². The second-order valence-corrected chi connectivity index (χ2v) is 16.6. The van der Waals surface area contributed by atoms with E-state index in [0.29, 0.717) is 37.7 Å². The van der Waals surface area contributed by atoms with Crippen molar-refractivity contribution in [2.75, 3.05) is 26.4 Å². The maximum absolute atomic E-state index is 17.8. The van der Waals surface area contributed by atoms with Gasteiger partial charge in [0.25, 0.3) is 0 Å². The molecule has 0 radical (unpaired) electrons. The van der Waals surface area contributed by atoms with Crippen LogP contribution in [0.4, 0.5) is 4.39 Å². The van der Waals surface area contributed by atoms with Gasteiger partial charge in [0, 0.05) is 23.2 Å². The van der Waals surface area contributed by atoms with Gasteiger partial charge in [-0.3, -0.25) is 49.7 Å². The van der Waals surface area contributed by atoms with Gasteiger partial charge >= 0.3 is 11.9 Å². The lowest BCUT2D eigenvalue weighted by Gasteiger charge is -2.62. The number of aliphatic hydroxyl groups excluding tert-OH is 1. The molecule has 1 aliphatic heterocycles. The second-order valence-electron chi connectivity index (χ2n) is 16.6. The number of halogens is 1. The fraction of sp³-hybridized carbons (Fsp3) is 0.763. The van der Waals surface area contributed by atoms with E-state index in [2.05, 4.69) is 15.0 Å². The smallest absolute Gasteiger partial charge is 0.329 e. The van der Waals surface area contributed by atoms with Gasteiger partial charge < -0.3 is 29.4 Å². The average Bonchev–Trinajstić information content (AvgIpc) is 3.55. The standard InChI is InChI=1S/C38H56FN3O16/c1-34(2)57-30-19-26-25-12-11-23-18-24(43)13-14-35(23,3)37(25,39)28(44)21-36(26,4)38(30,58-34)29(45)22-54-32(47)20-27(33(48)53-15-8-9-17-56-42(51)52)40-31(46)10-6-5-7-16-55-41(49)50/h13-14,18,25-28,30,44,49-52H,5-12,15-17,19-22H2,1-4H3,(H,40,46)/t25-,26-,27?,28-,30+,35-,36-,37-,38+/m0/s1. The van der Waals surface area contributed by atoms with Crippen molar-refractivity contribution in [3.8, 4) is 0 Å². The highest BCUT2D eigenvalue weighted by molar-refractivity contribution is 6.01. The fourth-order valence-electron chi connectivity index (χ4n) is 10.1. The molecule has 0 bridgehead atoms. The van der Waals surface area contributed by atoms with E-state index in [9.17, 15) is 29.1 Å². The number of fused-ring (bicyclic) bond motifs is 7. The predicted molar refractivity (Wildman–Crippen MR) is 190 cm³/mol. The summed E-state index contributed by atoms with van der Waals surface area (Å²) < 4.78 is 41.2. The molecule has 1 unspecified atom stereocenters. The molecular formula is C38H56FN3O16. The van der Waals surface area contributed by atoms with Gasteiger partial charge in [-0.1, -0.05) is 25.0 Å². The van der Waals surface area contributed by atoms with Gasteiger partial charge in [0.15, 0.2) is 29.4 Å². The third-order valence-electron chi connectivity index (χ3n) is 12.6. The molecule has 19 nitrogen and oxygen atoms in total. The monoisotopic (exact) mass is 829 g/mol. The summed E-state index contributed by atoms with van der Waals surface area (Å²) in [6.07, 6.45) is 3.49. The molecule has 1 heterocycles. The summed E-state index contributed by atoms with van der Waals surface area (Å²) in [5, 5.41) is 47.9. The van der Waals surface area contributed by atoms with Crippen molar-refractivity contribution >= 4 is 29.4 Å². The molecule has 58 heavy (non-hydrogen) atoms. The van der Waals surface area contributed by atoms with Gasteiger partial charge in [-0.15, -0.1) is 0 Å². The predicted octanol–water partition coefficient (Wildman–Crippen LogP) is 2.75. The minimum Gasteiger partial charge on any atom is -0.464 e. The van der Waals surface area contributed by atoms with Crippen molar-refractivity contribution in [2.45, 2.75) is 134 Å². The average molecular weight is 830 g/mol. The number of aliphatic hydroxyl groups is 1. The number of unbranched alkanes of at least 4 members (excludes halogenated alkanes) is 3. The lowest BCUT2D eigenvalue weighted by molar-refractivity contribution is -0.492. The van der Waals surface area contributed by atoms with Crippen LogP contribution in [-0.2, 0) is 52.6 Å². The first-order valence-corrected chi connectivity index (χ1v) is 19.7. The van der Waals surface area contributed by atoms with Crippen LogP contribution in [0.5, 0.6) is 0 Å². The van der Waals surface area contributed by atoms with Gasteiger partial charge in [0.2, 0.25) is 11.7 Å². The number of rotatable bonds is 20. The lowest BCUT2D eigenvalue weighted by atomic mass is 9.44. The number of esters is 2. The molecule has 1 saturated heterocycles. The highest BCUT2D eigenvalue weighted by atomic mass is 19.1. The number of hydrogen-bond acceptors (Lipinski definition) is 18. The minimum absolute atomic E-state index is 0.0270. The molecule has 0 aromatic rings. The fourth-order valence-corrected chi connectivity index (χ4v) is 10.1. The first kappa shape index (κ1) is 45.8. The SMILES string of the molecule is CC1(C)O[C@@H]2C[C@H]3[C@@H]4CCC5=CC(=O)C=C[C@]5(C)[C@@]4(F)[C@@H](O)C[C@]3(C)[C@]2(C(=O)COC(=O)CC(NC(=O)CCCCCON(O)O)C(=O)OCCCCON(O)O)O1. The van der Waals surface area contributed by atoms with Gasteiger partial charge in [-0.2, -0.15) is 0 Å². The Bertz CT molecular complexity index is 1620. The summed E-state index contributed by atoms with van der Waals surface area (Å²) in [5.74, 6) is -6.02. The molecule has 3 saturated carbocycles. The van der Waals surface area contributed by atoms with E-state index >= 15 is 4.39 Å². The van der Waals surface area contributed by atoms with E-state index in [1.54, 1.807) is 33.8 Å². The highest BCUT2D eigenvalue weighted by Crippen LogP contribution is 2.72. The third kappa shape index (κ3) is 9.07. The van der Waals surface area contributed by atoms with Gasteiger partial charge in [0.05, 0.1) is 49.2 Å². The largest absolute Gasteiger partial charge is 0.464 e. The van der Waals surface area contributed by atoms with Crippen molar-refractivity contribution in [3.63, 3.8) is 0 Å². The van der Waals surface area contributed by atoms with Crippen molar-refractivity contribution in [1.29, 1.82) is 0 Å². The van der Waals surface area contributed by atoms with Crippen LogP contribution in [0.1, 0.15) is 98.3 Å². The molecule has 326 valence electrons. The lowest BCUT2D eigenvalue weighted by Crippen LogP contribution is -2.70. The van der Waals surface area contributed by atoms with E-state index in [1.165, 1.54) is 12.2 Å². The molecule has 4 fully saturated rings. The molecular weight excluding hydrogens is 773 g/mol. The molecule has 4 aliphatic carbocycles. The van der Waals surface area contributed by atoms with Crippen LogP contribution in [0.2, 0.25) is 0 Å². The Morgan fingerprint density at radius 2 is 1.60 bits per heavy atom. The zero-order valence-corrected chi connectivity index (χ0v) is 33.2. The van der Waals surface area contributed by atoms with Crippen molar-refractivity contribution < 1.29 is 82.9 Å². The Morgan fingerprint density at radius 3 is 2.28 bits per heavy atom. The minimum atomic E-state index is -2.17. The molecule has 9 atom stereocenters. The molecule has 0 aromatic heterocycles. The number of nitrogens with zero attached hydrogens (tertiary/aromatic N) is 2. The number of allylic oxidation sites excluding steroid dienone is 4. The normalized spacial score (nSPS) is 33.8. The van der Waals surface area contributed by atoms with Crippen LogP contribution in [0.3, 0.4) is 0 Å². The van der Waals surface area contributed by atoms with Crippen molar-refractivity contribution in [2.24, 2.45) is 22.7 Å². The van der Waals surface area contributed by atoms with Crippen molar-refractivity contribution in [1.82, 2.24) is 16.1 Å². The molecule has 5 aliphatic rings. The number of carbonyl (C=O) groups is 5. The first-order chi connectivity index (χ1) is 27.2. The Kier molecular flexibility index (Phi) is 14.3. The summed E-state index contributed by atoms with van der Waals surface area (Å²) in [5.41, 5.74) is -5.74. The van der Waals surface area contributed by atoms with Crippen LogP contribution >= 0.6 is 0 Å². The third-order valence-corrected chi connectivity index (χ3v) is 12.6. The van der Waals surface area contributed by atoms with Crippen LogP contribution in [0, 0.1) is 22.7 Å². The number of nitrogens with one attached hydrogen (secondary N) is 1. The zero-order valence-electron chi connectivity index (χ0n) is 33.2. The summed E-state index contributed by atoms with van der Waals surface area (Å²) >= 11 is 0. The number of ether oxygens (including phenoxy) is 4. The van der Waals surface area contributed by atoms with Gasteiger partial charge in [-0.05, 0) is 90.2 Å². The second kappa shape index (κ2) is 18.1. The van der Waals surface area contributed by atoms with Gasteiger partial charge in [0.1, 0.15) is 6.04 Å². The summed E-state index contributed by atoms with van der Waals surface area (Å²) in [7, 11) is 0. The van der Waals surface area contributed by atoms with Crippen LogP contribution in [0.25, 0.3) is 0 Å². The van der Waals surface area contributed by atoms with Crippen LogP contribution < -0.4 is 5.32 Å². The summed E-state index contributed by atoms with van der Waals surface area (Å²) in [4.78, 5) is 74.9. The number of amides is 1. The molecule has 20 heteroatoms. The molecule has 6 N–H and O–H groups in total. The van der Waals surface area contributed by atoms with E-state index < -0.39 is 105 Å². The summed E-state index contributed by atoms with van der Waals surface area (Å²) in [6, 6.07) is -1.51. The molecule has 0 aromatic carbocycles. The number of hydrogen-bond donors (Lipinski definition) is 6. The summed E-state index contributed by atoms with van der Waals surface area (Å²) in [6.45, 7) is 5.62. The Labute approximate surface area is 334 Å². The van der Waals surface area contributed by atoms with Crippen molar-refractivity contribution in [3.05, 3.63) is 23.8 Å². The Balaban J connectivity index is 1.27. The van der Waals surface area contributed by atoms with E-state index in [0.717, 1.165) is 0 Å². The van der Waals surface area contributed by atoms with E-state index in [4.69, 9.17) is 39.8 Å². The number of alkyl halides is 1. The molecule has 0 spiro atoms. The quantitative estimate of drug-likeness (QED) is 0.0586. The maximum atomic E-state index is 17.8. The highest BCUT2D eigenvalue weighted by Gasteiger charge is 2.80. The molecule has 1 amide bonds. The number of carbonyl (C=O) groups excluding carboxylic acids is 5. The Hall–Kier alpha value is -3.28. The van der Waals surface area contributed by atoms with E-state index in [-0.39, 0.29) is 57.7 Å². The molecule has 5 rings (SSSR count). The van der Waals surface area contributed by atoms with Crippen LogP contribution in [-0.4, -0.2) is 128 Å². The number of ketones is 2. The maximum Gasteiger partial charge on any atom is 0.329 e. The zero-order chi connectivity index (χ0) is 42.7. The van der Waals surface area contributed by atoms with Crippen LogP contribution in [0.15, 0.2) is 23.8 Å². The Morgan fingerprint density at radius 1 is 0.948 bits per heavy atom.